The third-order valence-electron chi connectivity index (χ3n) is 4.15. The lowest BCUT2D eigenvalue weighted by molar-refractivity contribution is -0.167. The summed E-state index contributed by atoms with van der Waals surface area (Å²) in [7, 11) is 0. The number of allylic oxidation sites excluding steroid dienone is 6. The second kappa shape index (κ2) is 20.0. The molecule has 0 saturated carbocycles. The van der Waals surface area contributed by atoms with Crippen molar-refractivity contribution in [3.05, 3.63) is 36.5 Å². The SMILES string of the molecule is CCCCCC=CCC=CCCCC/C=C\CCCC(=O)OC(=O)C(O)CO. The number of carbonyl (C=O) groups is 2. The van der Waals surface area contributed by atoms with E-state index < -0.39 is 24.6 Å². The molecule has 0 amide bonds. The number of unbranched alkanes of at least 4 members (excludes halogenated alkanes) is 7. The van der Waals surface area contributed by atoms with Crippen molar-refractivity contribution >= 4 is 11.9 Å². The molecule has 0 saturated heterocycles. The maximum atomic E-state index is 11.4. The minimum absolute atomic E-state index is 0.117. The van der Waals surface area contributed by atoms with Gasteiger partial charge in [0, 0.05) is 6.42 Å². The molecule has 5 nitrogen and oxygen atoms in total. The summed E-state index contributed by atoms with van der Waals surface area (Å²) in [6, 6.07) is 0. The van der Waals surface area contributed by atoms with E-state index in [9.17, 15) is 9.59 Å². The average molecular weight is 395 g/mol. The molecule has 0 spiro atoms. The Hall–Kier alpha value is -1.72. The van der Waals surface area contributed by atoms with Gasteiger partial charge in [-0.3, -0.25) is 4.79 Å². The van der Waals surface area contributed by atoms with Gasteiger partial charge < -0.3 is 14.9 Å². The van der Waals surface area contributed by atoms with Gasteiger partial charge in [-0.05, 0) is 57.8 Å². The summed E-state index contributed by atoms with van der Waals surface area (Å²) in [4.78, 5) is 22.5. The predicted octanol–water partition coefficient (Wildman–Crippen LogP) is 4.78. The first-order chi connectivity index (χ1) is 13.6. The second-order valence-electron chi connectivity index (χ2n) is 6.81. The van der Waals surface area contributed by atoms with Crippen LogP contribution in [0.25, 0.3) is 0 Å². The normalized spacial score (nSPS) is 13.0. The van der Waals surface area contributed by atoms with Gasteiger partial charge in [0.15, 0.2) is 6.10 Å². The van der Waals surface area contributed by atoms with E-state index in [1.807, 2.05) is 6.08 Å². The molecule has 2 N–H and O–H groups in total. The molecular weight excluding hydrogens is 356 g/mol. The van der Waals surface area contributed by atoms with E-state index in [-0.39, 0.29) is 6.42 Å². The van der Waals surface area contributed by atoms with E-state index in [0.717, 1.165) is 32.1 Å². The summed E-state index contributed by atoms with van der Waals surface area (Å²) < 4.78 is 4.41. The molecule has 0 rings (SSSR count). The van der Waals surface area contributed by atoms with Gasteiger partial charge in [-0.25, -0.2) is 4.79 Å². The first kappa shape index (κ1) is 26.3. The van der Waals surface area contributed by atoms with Crippen molar-refractivity contribution in [3.63, 3.8) is 0 Å². The number of rotatable bonds is 17. The van der Waals surface area contributed by atoms with Crippen LogP contribution in [0, 0.1) is 0 Å². The topological polar surface area (TPSA) is 83.8 Å². The zero-order chi connectivity index (χ0) is 20.9. The molecule has 0 aromatic carbocycles. The van der Waals surface area contributed by atoms with Crippen LogP contribution in [-0.2, 0) is 14.3 Å². The number of aliphatic hydroxyl groups is 2. The van der Waals surface area contributed by atoms with Crippen LogP contribution in [0.5, 0.6) is 0 Å². The van der Waals surface area contributed by atoms with Gasteiger partial charge in [0.2, 0.25) is 0 Å². The summed E-state index contributed by atoms with van der Waals surface area (Å²) in [6.07, 6.45) is 23.5. The maximum Gasteiger partial charge on any atom is 0.345 e. The minimum Gasteiger partial charge on any atom is -0.393 e. The summed E-state index contributed by atoms with van der Waals surface area (Å²) in [6.45, 7) is 1.47. The van der Waals surface area contributed by atoms with Crippen molar-refractivity contribution < 1.29 is 24.5 Å². The lowest BCUT2D eigenvalue weighted by atomic mass is 10.1. The van der Waals surface area contributed by atoms with Crippen molar-refractivity contribution in [2.75, 3.05) is 6.61 Å². The number of esters is 2. The van der Waals surface area contributed by atoms with Gasteiger partial charge >= 0.3 is 11.9 Å². The van der Waals surface area contributed by atoms with E-state index >= 15 is 0 Å². The molecule has 28 heavy (non-hydrogen) atoms. The van der Waals surface area contributed by atoms with Crippen LogP contribution in [0.15, 0.2) is 36.5 Å². The van der Waals surface area contributed by atoms with Gasteiger partial charge in [-0.15, -0.1) is 0 Å². The fourth-order valence-corrected chi connectivity index (χ4v) is 2.45. The van der Waals surface area contributed by atoms with E-state index in [4.69, 9.17) is 10.2 Å². The highest BCUT2D eigenvalue weighted by Crippen LogP contribution is 2.05. The summed E-state index contributed by atoms with van der Waals surface area (Å²) in [5, 5.41) is 17.6. The predicted molar refractivity (Wildman–Crippen MR) is 113 cm³/mol. The zero-order valence-electron chi connectivity index (χ0n) is 17.4. The highest BCUT2D eigenvalue weighted by Gasteiger charge is 2.18. The molecule has 160 valence electrons. The third kappa shape index (κ3) is 17.7. The first-order valence-corrected chi connectivity index (χ1v) is 10.6. The molecule has 5 heteroatoms. The van der Waals surface area contributed by atoms with E-state index in [0.29, 0.717) is 6.42 Å². The highest BCUT2D eigenvalue weighted by molar-refractivity contribution is 5.87. The molecule has 0 radical (unpaired) electrons. The molecule has 1 atom stereocenters. The van der Waals surface area contributed by atoms with Crippen LogP contribution in [-0.4, -0.2) is 34.9 Å². The Morgan fingerprint density at radius 3 is 1.86 bits per heavy atom. The van der Waals surface area contributed by atoms with Crippen molar-refractivity contribution in [2.24, 2.45) is 0 Å². The lowest BCUT2D eigenvalue weighted by Crippen LogP contribution is -2.28. The van der Waals surface area contributed by atoms with Crippen LogP contribution >= 0.6 is 0 Å². The van der Waals surface area contributed by atoms with Gasteiger partial charge in [0.1, 0.15) is 0 Å². The Morgan fingerprint density at radius 2 is 1.32 bits per heavy atom. The maximum absolute atomic E-state index is 11.4. The van der Waals surface area contributed by atoms with Crippen molar-refractivity contribution in [1.82, 2.24) is 0 Å². The zero-order valence-corrected chi connectivity index (χ0v) is 17.4. The monoisotopic (exact) mass is 394 g/mol. The molecule has 0 aliphatic rings. The molecular formula is C23H38O5. The van der Waals surface area contributed by atoms with Crippen LogP contribution in [0.3, 0.4) is 0 Å². The molecule has 0 aromatic rings. The largest absolute Gasteiger partial charge is 0.393 e. The lowest BCUT2D eigenvalue weighted by Gasteiger charge is -2.05. The fraction of sp³-hybridized carbons (Fsp3) is 0.652. The average Bonchev–Trinajstić information content (AvgIpc) is 2.69. The third-order valence-corrected chi connectivity index (χ3v) is 4.15. The van der Waals surface area contributed by atoms with Crippen LogP contribution < -0.4 is 0 Å². The van der Waals surface area contributed by atoms with E-state index in [2.05, 4.69) is 42.0 Å². The van der Waals surface area contributed by atoms with Gasteiger partial charge in [0.05, 0.1) is 6.61 Å². The Labute approximate surface area is 170 Å². The summed E-state index contributed by atoms with van der Waals surface area (Å²) in [5.41, 5.74) is 0. The number of aliphatic hydroxyl groups excluding tert-OH is 2. The fourth-order valence-electron chi connectivity index (χ4n) is 2.45. The Morgan fingerprint density at radius 1 is 0.821 bits per heavy atom. The molecule has 0 fully saturated rings. The highest BCUT2D eigenvalue weighted by atomic mass is 16.6. The summed E-state index contributed by atoms with van der Waals surface area (Å²) >= 11 is 0. The molecule has 0 heterocycles. The summed E-state index contributed by atoms with van der Waals surface area (Å²) in [5.74, 6) is -1.77. The van der Waals surface area contributed by atoms with Crippen molar-refractivity contribution in [3.8, 4) is 0 Å². The standard InChI is InChI=1S/C23H38O5/c1-2-3-4-5-6-7-8-9-10-11-12-13-14-15-16-17-18-19-22(26)28-23(27)21(25)20-24/h6-7,9-10,15-16,21,24-25H,2-5,8,11-14,17-20H2,1H3/b7-6?,10-9?,16-15-. The Kier molecular flexibility index (Phi) is 18.8. The van der Waals surface area contributed by atoms with Crippen LogP contribution in [0.1, 0.15) is 84.0 Å². The number of hydrogen-bond acceptors (Lipinski definition) is 5. The molecule has 0 bridgehead atoms. The minimum atomic E-state index is -1.65. The molecule has 0 aliphatic heterocycles. The molecule has 0 aliphatic carbocycles. The van der Waals surface area contributed by atoms with E-state index in [1.54, 1.807) is 0 Å². The Bertz CT molecular complexity index is 479. The number of ether oxygens (including phenoxy) is 1. The number of carbonyl (C=O) groups excluding carboxylic acids is 2. The van der Waals surface area contributed by atoms with E-state index in [1.165, 1.54) is 32.1 Å². The number of hydrogen-bond donors (Lipinski definition) is 2. The van der Waals surface area contributed by atoms with Crippen molar-refractivity contribution in [2.45, 2.75) is 90.1 Å². The van der Waals surface area contributed by atoms with Crippen molar-refractivity contribution in [1.29, 1.82) is 0 Å². The molecule has 1 unspecified atom stereocenters. The Balaban J connectivity index is 3.48. The smallest absolute Gasteiger partial charge is 0.345 e. The second-order valence-corrected chi connectivity index (χ2v) is 6.81. The quantitative estimate of drug-likeness (QED) is 0.161. The van der Waals surface area contributed by atoms with Gasteiger partial charge in [-0.1, -0.05) is 56.2 Å². The van der Waals surface area contributed by atoms with Gasteiger partial charge in [0.25, 0.3) is 0 Å². The van der Waals surface area contributed by atoms with Crippen LogP contribution in [0.4, 0.5) is 0 Å². The van der Waals surface area contributed by atoms with Gasteiger partial charge in [-0.2, -0.15) is 0 Å². The molecule has 0 aromatic heterocycles. The first-order valence-electron chi connectivity index (χ1n) is 10.6. The van der Waals surface area contributed by atoms with Crippen LogP contribution in [0.2, 0.25) is 0 Å².